The smallest absolute Gasteiger partial charge is 0.159 e. The Bertz CT molecular complexity index is 400. The summed E-state index contributed by atoms with van der Waals surface area (Å²) >= 11 is 3.44. The van der Waals surface area contributed by atoms with Gasteiger partial charge in [0.25, 0.3) is 0 Å². The van der Waals surface area contributed by atoms with Crippen LogP contribution in [0.2, 0.25) is 0 Å². The average molecular weight is 302 g/mol. The van der Waals surface area contributed by atoms with Gasteiger partial charge in [-0.05, 0) is 29.3 Å². The Labute approximate surface area is 108 Å². The molecule has 94 valence electrons. The van der Waals surface area contributed by atoms with Crippen LogP contribution in [-0.4, -0.2) is 34.3 Å². The van der Waals surface area contributed by atoms with Crippen LogP contribution >= 0.6 is 15.9 Å². The maximum atomic E-state index is 9.58. The summed E-state index contributed by atoms with van der Waals surface area (Å²) in [6, 6.07) is 0. The minimum absolute atomic E-state index is 0.285. The molecule has 0 saturated carbocycles. The molecule has 1 aliphatic heterocycles. The maximum absolute atomic E-state index is 9.58. The fourth-order valence-electron chi connectivity index (χ4n) is 2.06. The summed E-state index contributed by atoms with van der Waals surface area (Å²) in [5.41, 5.74) is 2.52. The van der Waals surface area contributed by atoms with E-state index in [1.165, 1.54) is 6.33 Å². The van der Waals surface area contributed by atoms with Crippen molar-refractivity contribution in [2.75, 3.05) is 23.4 Å². The summed E-state index contributed by atoms with van der Waals surface area (Å²) in [7, 11) is 0. The van der Waals surface area contributed by atoms with E-state index in [0.717, 1.165) is 29.8 Å². The molecule has 0 bridgehead atoms. The van der Waals surface area contributed by atoms with Crippen molar-refractivity contribution in [3.05, 3.63) is 10.8 Å². The molecule has 7 heteroatoms. The lowest BCUT2D eigenvalue weighted by molar-refractivity contribution is 0.136. The molecule has 6 nitrogen and oxygen atoms in total. The Morgan fingerprint density at radius 3 is 3.00 bits per heavy atom. The Morgan fingerprint density at radius 2 is 2.41 bits per heavy atom. The van der Waals surface area contributed by atoms with E-state index in [2.05, 4.69) is 36.2 Å². The third kappa shape index (κ3) is 2.51. The van der Waals surface area contributed by atoms with Crippen molar-refractivity contribution in [1.29, 1.82) is 0 Å². The number of aliphatic hydroxyl groups excluding tert-OH is 1. The van der Waals surface area contributed by atoms with Crippen molar-refractivity contribution in [3.63, 3.8) is 0 Å². The Balaban J connectivity index is 2.19. The monoisotopic (exact) mass is 301 g/mol. The molecule has 0 spiro atoms. The van der Waals surface area contributed by atoms with E-state index >= 15 is 0 Å². The second-order valence-corrected chi connectivity index (χ2v) is 5.03. The molecule has 2 unspecified atom stereocenters. The van der Waals surface area contributed by atoms with Gasteiger partial charge in [0.1, 0.15) is 16.6 Å². The van der Waals surface area contributed by atoms with Crippen LogP contribution in [-0.2, 0) is 0 Å². The highest BCUT2D eigenvalue weighted by Gasteiger charge is 2.28. The first-order valence-electron chi connectivity index (χ1n) is 5.53. The molecule has 4 N–H and O–H groups in total. The molecule has 0 aromatic carbocycles. The van der Waals surface area contributed by atoms with Crippen molar-refractivity contribution >= 4 is 27.6 Å². The fraction of sp³-hybridized carbons (Fsp3) is 0.600. The van der Waals surface area contributed by atoms with E-state index in [9.17, 15) is 5.11 Å². The second kappa shape index (κ2) is 5.16. The molecular formula is C10H16BrN5O. The first-order chi connectivity index (χ1) is 8.13. The molecule has 2 heterocycles. The molecule has 1 fully saturated rings. The molecule has 1 aromatic heterocycles. The molecule has 2 rings (SSSR count). The number of hydrogen-bond donors (Lipinski definition) is 3. The van der Waals surface area contributed by atoms with Gasteiger partial charge in [-0.25, -0.2) is 15.8 Å². The van der Waals surface area contributed by atoms with E-state index in [1.54, 1.807) is 0 Å². The Morgan fingerprint density at radius 1 is 1.65 bits per heavy atom. The predicted molar refractivity (Wildman–Crippen MR) is 69.5 cm³/mol. The van der Waals surface area contributed by atoms with E-state index in [4.69, 9.17) is 5.84 Å². The second-order valence-electron chi connectivity index (χ2n) is 4.24. The summed E-state index contributed by atoms with van der Waals surface area (Å²) in [6.45, 7) is 3.52. The van der Waals surface area contributed by atoms with Gasteiger partial charge in [0.15, 0.2) is 5.82 Å². The van der Waals surface area contributed by atoms with Crippen molar-refractivity contribution in [1.82, 2.24) is 9.97 Å². The third-order valence-corrected chi connectivity index (χ3v) is 3.84. The number of nitrogens with two attached hydrogens (primary N) is 1. The van der Waals surface area contributed by atoms with Gasteiger partial charge in [-0.15, -0.1) is 0 Å². The summed E-state index contributed by atoms with van der Waals surface area (Å²) in [6.07, 6.45) is 2.16. The zero-order valence-corrected chi connectivity index (χ0v) is 11.2. The lowest BCUT2D eigenvalue weighted by Crippen LogP contribution is -2.25. The van der Waals surface area contributed by atoms with E-state index in [1.807, 2.05) is 6.92 Å². The zero-order valence-electron chi connectivity index (χ0n) is 9.60. The van der Waals surface area contributed by atoms with Gasteiger partial charge >= 0.3 is 0 Å². The molecule has 17 heavy (non-hydrogen) atoms. The number of nitrogens with zero attached hydrogens (tertiary/aromatic N) is 3. The normalized spacial score (nSPS) is 21.6. The van der Waals surface area contributed by atoms with Crippen LogP contribution in [0.4, 0.5) is 11.6 Å². The largest absolute Gasteiger partial charge is 0.393 e. The summed E-state index contributed by atoms with van der Waals surface area (Å²) in [4.78, 5) is 10.4. The van der Waals surface area contributed by atoms with Crippen molar-refractivity contribution in [2.45, 2.75) is 19.4 Å². The van der Waals surface area contributed by atoms with Gasteiger partial charge in [0.05, 0.1) is 6.10 Å². The number of hydrazine groups is 1. The van der Waals surface area contributed by atoms with Crippen LogP contribution < -0.4 is 16.2 Å². The highest BCUT2D eigenvalue weighted by atomic mass is 79.9. The summed E-state index contributed by atoms with van der Waals surface area (Å²) in [5, 5.41) is 9.58. The van der Waals surface area contributed by atoms with Gasteiger partial charge in [-0.2, -0.15) is 0 Å². The zero-order chi connectivity index (χ0) is 12.4. The minimum Gasteiger partial charge on any atom is -0.393 e. The molecule has 0 radical (unpaired) electrons. The molecule has 0 aliphatic carbocycles. The number of nitrogen functional groups attached to an aromatic ring is 1. The number of rotatable bonds is 3. The summed E-state index contributed by atoms with van der Waals surface area (Å²) < 4.78 is 0.758. The molecule has 1 aromatic rings. The molecule has 1 saturated heterocycles. The SMILES string of the molecule is CC(O)C1CCN(c2ncnc(NN)c2Br)C1. The van der Waals surface area contributed by atoms with Crippen LogP contribution in [0.3, 0.4) is 0 Å². The van der Waals surface area contributed by atoms with Gasteiger partial charge in [-0.1, -0.05) is 0 Å². The quantitative estimate of drug-likeness (QED) is 0.564. The van der Waals surface area contributed by atoms with Gasteiger partial charge in [0, 0.05) is 19.0 Å². The van der Waals surface area contributed by atoms with Crippen LogP contribution in [0.5, 0.6) is 0 Å². The number of aliphatic hydroxyl groups is 1. The predicted octanol–water partition coefficient (Wildman–Crippen LogP) is 0.732. The minimum atomic E-state index is -0.285. The van der Waals surface area contributed by atoms with E-state index < -0.39 is 0 Å². The summed E-state index contributed by atoms with van der Waals surface area (Å²) in [5.74, 6) is 7.04. The van der Waals surface area contributed by atoms with Crippen molar-refractivity contribution < 1.29 is 5.11 Å². The number of anilines is 2. The maximum Gasteiger partial charge on any atom is 0.159 e. The van der Waals surface area contributed by atoms with Crippen LogP contribution in [0.25, 0.3) is 0 Å². The molecule has 1 aliphatic rings. The molecule has 2 atom stereocenters. The first kappa shape index (κ1) is 12.5. The average Bonchev–Trinajstić information content (AvgIpc) is 2.78. The molecule has 0 amide bonds. The topological polar surface area (TPSA) is 87.3 Å². The molecular weight excluding hydrogens is 286 g/mol. The van der Waals surface area contributed by atoms with E-state index in [-0.39, 0.29) is 6.10 Å². The van der Waals surface area contributed by atoms with Crippen LogP contribution in [0.15, 0.2) is 10.8 Å². The van der Waals surface area contributed by atoms with Gasteiger partial charge < -0.3 is 15.4 Å². The van der Waals surface area contributed by atoms with Gasteiger partial charge in [0.2, 0.25) is 0 Å². The van der Waals surface area contributed by atoms with Gasteiger partial charge in [-0.3, -0.25) is 0 Å². The number of aromatic nitrogens is 2. The van der Waals surface area contributed by atoms with Crippen LogP contribution in [0.1, 0.15) is 13.3 Å². The number of halogens is 1. The van der Waals surface area contributed by atoms with Crippen molar-refractivity contribution in [2.24, 2.45) is 11.8 Å². The lowest BCUT2D eigenvalue weighted by atomic mass is 10.0. The third-order valence-electron chi connectivity index (χ3n) is 3.11. The highest BCUT2D eigenvalue weighted by Crippen LogP contribution is 2.32. The van der Waals surface area contributed by atoms with Crippen LogP contribution in [0, 0.1) is 5.92 Å². The Kier molecular flexibility index (Phi) is 3.80. The number of nitrogens with one attached hydrogen (secondary N) is 1. The van der Waals surface area contributed by atoms with Crippen molar-refractivity contribution in [3.8, 4) is 0 Å². The standard InChI is InChI=1S/C10H16BrN5O/c1-6(17)7-2-3-16(4-7)10-8(11)9(15-12)13-5-14-10/h5-7,17H,2-4,12H2,1H3,(H,13,14,15). The first-order valence-corrected chi connectivity index (χ1v) is 6.33. The number of hydrogen-bond acceptors (Lipinski definition) is 6. The lowest BCUT2D eigenvalue weighted by Gasteiger charge is -2.20. The fourth-order valence-corrected chi connectivity index (χ4v) is 2.63. The Hall–Kier alpha value is -0.920. The highest BCUT2D eigenvalue weighted by molar-refractivity contribution is 9.10. The van der Waals surface area contributed by atoms with E-state index in [0.29, 0.717) is 11.7 Å².